The molecule has 0 saturated heterocycles. The molecule has 12 heteroatoms. The highest BCUT2D eigenvalue weighted by Crippen LogP contribution is 2.24. The summed E-state index contributed by atoms with van der Waals surface area (Å²) in [5, 5.41) is 2.65. The molecule has 2 aromatic rings. The maximum absolute atomic E-state index is 12.2. The number of ether oxygens (including phenoxy) is 3. The fraction of sp³-hybridized carbons (Fsp3) is 0.316. The van der Waals surface area contributed by atoms with Crippen LogP contribution in [0.4, 0.5) is 13.2 Å². The number of amides is 1. The third-order valence-electron chi connectivity index (χ3n) is 3.91. The van der Waals surface area contributed by atoms with E-state index in [0.717, 1.165) is 29.8 Å². The lowest BCUT2D eigenvalue weighted by Crippen LogP contribution is -2.30. The number of carbonyl (C=O) groups is 1. The normalized spacial score (nSPS) is 11.6. The second-order valence-electron chi connectivity index (χ2n) is 6.16. The standard InChI is InChI=1S/C19H21F3N2O6S/c1-28-15-9-13(10-16(11-15)29-2)12-23-18(25)7-8-24-31(26,27)17-5-3-14(4-6-17)30-19(20,21)22/h3-6,9-11,24H,7-8,12H2,1-2H3,(H,23,25). The number of carbonyl (C=O) groups excluding carboxylic acids is 1. The van der Waals surface area contributed by atoms with E-state index in [4.69, 9.17) is 9.47 Å². The minimum Gasteiger partial charge on any atom is -0.497 e. The second-order valence-corrected chi connectivity index (χ2v) is 7.93. The lowest BCUT2D eigenvalue weighted by atomic mass is 10.2. The Morgan fingerprint density at radius 1 is 0.968 bits per heavy atom. The first-order valence-electron chi connectivity index (χ1n) is 8.86. The summed E-state index contributed by atoms with van der Waals surface area (Å²) < 4.78 is 77.1. The van der Waals surface area contributed by atoms with Gasteiger partial charge in [0.25, 0.3) is 0 Å². The van der Waals surface area contributed by atoms with Crippen molar-refractivity contribution in [2.75, 3.05) is 20.8 Å². The number of hydrogen-bond donors (Lipinski definition) is 2. The molecule has 0 heterocycles. The van der Waals surface area contributed by atoms with Crippen molar-refractivity contribution >= 4 is 15.9 Å². The van der Waals surface area contributed by atoms with Crippen molar-refractivity contribution in [2.24, 2.45) is 0 Å². The average molecular weight is 462 g/mol. The smallest absolute Gasteiger partial charge is 0.497 e. The van der Waals surface area contributed by atoms with E-state index in [1.54, 1.807) is 18.2 Å². The topological polar surface area (TPSA) is 103 Å². The molecule has 0 atom stereocenters. The SMILES string of the molecule is COc1cc(CNC(=O)CCNS(=O)(=O)c2ccc(OC(F)(F)F)cc2)cc(OC)c1. The summed E-state index contributed by atoms with van der Waals surface area (Å²) in [5.41, 5.74) is 0.728. The highest BCUT2D eigenvalue weighted by molar-refractivity contribution is 7.89. The van der Waals surface area contributed by atoms with E-state index >= 15 is 0 Å². The molecular formula is C19H21F3N2O6S. The number of halogens is 3. The summed E-state index contributed by atoms with van der Waals surface area (Å²) in [6.45, 7) is -0.0176. The molecule has 8 nitrogen and oxygen atoms in total. The van der Waals surface area contributed by atoms with E-state index in [1.807, 2.05) is 0 Å². The zero-order chi connectivity index (χ0) is 23.1. The number of hydrogen-bond acceptors (Lipinski definition) is 6. The quantitative estimate of drug-likeness (QED) is 0.563. The van der Waals surface area contributed by atoms with Gasteiger partial charge in [-0.25, -0.2) is 13.1 Å². The molecule has 1 amide bonds. The first kappa shape index (κ1) is 24.3. The monoisotopic (exact) mass is 462 g/mol. The summed E-state index contributed by atoms with van der Waals surface area (Å²) in [6.07, 6.45) is -5.02. The minimum absolute atomic E-state index is 0.143. The number of benzene rings is 2. The van der Waals surface area contributed by atoms with E-state index in [1.165, 1.54) is 14.2 Å². The molecular weight excluding hydrogens is 441 g/mol. The molecule has 2 N–H and O–H groups in total. The van der Waals surface area contributed by atoms with Crippen molar-refractivity contribution in [3.05, 3.63) is 48.0 Å². The van der Waals surface area contributed by atoms with E-state index in [-0.39, 0.29) is 24.4 Å². The minimum atomic E-state index is -4.87. The van der Waals surface area contributed by atoms with E-state index in [2.05, 4.69) is 14.8 Å². The molecule has 0 bridgehead atoms. The predicted molar refractivity (Wildman–Crippen MR) is 104 cm³/mol. The van der Waals surface area contributed by atoms with Crippen molar-refractivity contribution in [3.63, 3.8) is 0 Å². The van der Waals surface area contributed by atoms with E-state index < -0.39 is 28.0 Å². The molecule has 0 aromatic heterocycles. The molecule has 0 radical (unpaired) electrons. The van der Waals surface area contributed by atoms with E-state index in [0.29, 0.717) is 11.5 Å². The fourth-order valence-corrected chi connectivity index (χ4v) is 3.49. The molecule has 2 aromatic carbocycles. The molecule has 0 fully saturated rings. The first-order chi connectivity index (χ1) is 14.5. The Morgan fingerprint density at radius 2 is 1.55 bits per heavy atom. The Labute approximate surface area is 177 Å². The number of rotatable bonds is 10. The van der Waals surface area contributed by atoms with Crippen molar-refractivity contribution in [1.29, 1.82) is 0 Å². The number of nitrogens with one attached hydrogen (secondary N) is 2. The van der Waals surface area contributed by atoms with Gasteiger partial charge in [-0.05, 0) is 42.0 Å². The Balaban J connectivity index is 1.84. The van der Waals surface area contributed by atoms with Crippen molar-refractivity contribution in [2.45, 2.75) is 24.2 Å². The van der Waals surface area contributed by atoms with Crippen LogP contribution in [0.25, 0.3) is 0 Å². The van der Waals surface area contributed by atoms with Gasteiger partial charge < -0.3 is 19.5 Å². The molecule has 0 unspecified atom stereocenters. The van der Waals surface area contributed by atoms with Gasteiger partial charge in [-0.1, -0.05) is 0 Å². The van der Waals surface area contributed by atoms with Crippen molar-refractivity contribution in [1.82, 2.24) is 10.0 Å². The lowest BCUT2D eigenvalue weighted by Gasteiger charge is -2.11. The van der Waals surface area contributed by atoms with Crippen LogP contribution in [0.2, 0.25) is 0 Å². The van der Waals surface area contributed by atoms with Crippen molar-refractivity contribution in [3.8, 4) is 17.2 Å². The van der Waals surface area contributed by atoms with Gasteiger partial charge in [-0.15, -0.1) is 13.2 Å². The van der Waals surface area contributed by atoms with Gasteiger partial charge in [0.1, 0.15) is 17.2 Å². The van der Waals surface area contributed by atoms with Gasteiger partial charge in [-0.2, -0.15) is 0 Å². The van der Waals surface area contributed by atoms with Crippen LogP contribution < -0.4 is 24.2 Å². The van der Waals surface area contributed by atoms with Crippen LogP contribution in [0.15, 0.2) is 47.4 Å². The van der Waals surface area contributed by atoms with Crippen LogP contribution in [0.5, 0.6) is 17.2 Å². The molecule has 31 heavy (non-hydrogen) atoms. The summed E-state index contributed by atoms with van der Waals surface area (Å²) in [5.74, 6) is 0.171. The zero-order valence-corrected chi connectivity index (χ0v) is 17.5. The van der Waals surface area contributed by atoms with Gasteiger partial charge in [0.05, 0.1) is 19.1 Å². The van der Waals surface area contributed by atoms with Crippen LogP contribution in [-0.4, -0.2) is 41.5 Å². The number of sulfonamides is 1. The van der Waals surface area contributed by atoms with Gasteiger partial charge in [-0.3, -0.25) is 4.79 Å². The summed E-state index contributed by atoms with van der Waals surface area (Å²) >= 11 is 0. The Morgan fingerprint density at radius 3 is 2.06 bits per heavy atom. The fourth-order valence-electron chi connectivity index (χ4n) is 2.46. The Kier molecular flexibility index (Phi) is 8.11. The van der Waals surface area contributed by atoms with Crippen molar-refractivity contribution < 1.29 is 40.6 Å². The van der Waals surface area contributed by atoms with Crippen LogP contribution in [0.3, 0.4) is 0 Å². The number of methoxy groups -OCH3 is 2. The summed E-state index contributed by atoms with van der Waals surface area (Å²) in [4.78, 5) is 11.7. The van der Waals surface area contributed by atoms with Crippen LogP contribution >= 0.6 is 0 Å². The van der Waals surface area contributed by atoms with Gasteiger partial charge in [0.2, 0.25) is 15.9 Å². The molecule has 170 valence electrons. The Hall–Kier alpha value is -2.99. The molecule has 0 aliphatic rings. The molecule has 0 aliphatic carbocycles. The average Bonchev–Trinajstić information content (AvgIpc) is 2.71. The highest BCUT2D eigenvalue weighted by atomic mass is 32.2. The largest absolute Gasteiger partial charge is 0.573 e. The summed E-state index contributed by atoms with van der Waals surface area (Å²) in [6, 6.07) is 8.84. The third kappa shape index (κ3) is 7.98. The third-order valence-corrected chi connectivity index (χ3v) is 5.39. The molecule has 0 aliphatic heterocycles. The van der Waals surface area contributed by atoms with Gasteiger partial charge >= 0.3 is 6.36 Å². The predicted octanol–water partition coefficient (Wildman–Crippen LogP) is 2.59. The molecule has 2 rings (SSSR count). The maximum Gasteiger partial charge on any atom is 0.573 e. The highest BCUT2D eigenvalue weighted by Gasteiger charge is 2.31. The Bertz CT molecular complexity index is 972. The van der Waals surface area contributed by atoms with Gasteiger partial charge in [0, 0.05) is 25.6 Å². The van der Waals surface area contributed by atoms with E-state index in [9.17, 15) is 26.4 Å². The first-order valence-corrected chi connectivity index (χ1v) is 10.3. The lowest BCUT2D eigenvalue weighted by molar-refractivity contribution is -0.274. The molecule has 0 spiro atoms. The van der Waals surface area contributed by atoms with Crippen LogP contribution in [-0.2, 0) is 21.4 Å². The second kappa shape index (κ2) is 10.4. The van der Waals surface area contributed by atoms with Crippen LogP contribution in [0, 0.1) is 0 Å². The number of alkyl halides is 3. The summed E-state index contributed by atoms with van der Waals surface area (Å²) in [7, 11) is -1.00. The zero-order valence-electron chi connectivity index (χ0n) is 16.7. The molecule has 0 saturated carbocycles. The van der Waals surface area contributed by atoms with Gasteiger partial charge in [0.15, 0.2) is 0 Å². The van der Waals surface area contributed by atoms with Crippen LogP contribution in [0.1, 0.15) is 12.0 Å². The maximum atomic E-state index is 12.2.